The SMILES string of the molecule is Cc1cccc(CN2C(=O)N/C(=C\c3cc4c(cc3[N+](=O)[O-])OCO4)C2=O)c1. The van der Waals surface area contributed by atoms with E-state index < -0.39 is 16.9 Å². The number of imide groups is 1. The number of nitro groups is 1. The summed E-state index contributed by atoms with van der Waals surface area (Å²) < 4.78 is 10.4. The highest BCUT2D eigenvalue weighted by Gasteiger charge is 2.34. The highest BCUT2D eigenvalue weighted by atomic mass is 16.7. The minimum atomic E-state index is -0.583. The minimum Gasteiger partial charge on any atom is -0.454 e. The fraction of sp³-hybridized carbons (Fsp3) is 0.158. The Bertz CT molecular complexity index is 1050. The number of rotatable bonds is 4. The summed E-state index contributed by atoms with van der Waals surface area (Å²) >= 11 is 0. The summed E-state index contributed by atoms with van der Waals surface area (Å²) in [5.74, 6) is 0.0426. The second kappa shape index (κ2) is 6.69. The molecule has 142 valence electrons. The zero-order chi connectivity index (χ0) is 19.8. The molecule has 28 heavy (non-hydrogen) atoms. The van der Waals surface area contributed by atoms with Crippen molar-refractivity contribution < 1.29 is 24.0 Å². The smallest absolute Gasteiger partial charge is 0.329 e. The molecule has 0 bridgehead atoms. The monoisotopic (exact) mass is 381 g/mol. The van der Waals surface area contributed by atoms with E-state index in [2.05, 4.69) is 5.32 Å². The standard InChI is InChI=1S/C19H15N3O6/c1-11-3-2-4-12(5-11)9-21-18(23)14(20-19(21)24)6-13-7-16-17(28-10-27-16)8-15(13)22(25)26/h2-8H,9-10H2,1H3,(H,20,24)/b14-6-. The molecule has 9 nitrogen and oxygen atoms in total. The number of hydrogen-bond acceptors (Lipinski definition) is 6. The molecule has 0 aromatic heterocycles. The molecule has 2 aliphatic heterocycles. The van der Waals surface area contributed by atoms with Gasteiger partial charge in [0.1, 0.15) is 5.70 Å². The van der Waals surface area contributed by atoms with Crippen molar-refractivity contribution in [2.75, 3.05) is 6.79 Å². The molecular weight excluding hydrogens is 366 g/mol. The molecule has 0 spiro atoms. The lowest BCUT2D eigenvalue weighted by Gasteiger charge is -2.12. The molecule has 4 rings (SSSR count). The van der Waals surface area contributed by atoms with Crippen LogP contribution < -0.4 is 14.8 Å². The molecule has 0 atom stereocenters. The van der Waals surface area contributed by atoms with Crippen LogP contribution in [0.2, 0.25) is 0 Å². The van der Waals surface area contributed by atoms with Gasteiger partial charge in [-0.15, -0.1) is 0 Å². The third-order valence-corrected chi connectivity index (χ3v) is 4.40. The summed E-state index contributed by atoms with van der Waals surface area (Å²) in [7, 11) is 0. The Kier molecular flexibility index (Phi) is 4.19. The number of benzene rings is 2. The van der Waals surface area contributed by atoms with E-state index in [0.29, 0.717) is 5.75 Å². The molecular formula is C19H15N3O6. The predicted octanol–water partition coefficient (Wildman–Crippen LogP) is 2.72. The average molecular weight is 381 g/mol. The molecule has 1 N–H and O–H groups in total. The Balaban J connectivity index is 1.65. The summed E-state index contributed by atoms with van der Waals surface area (Å²) in [5, 5.41) is 13.9. The van der Waals surface area contributed by atoms with Crippen molar-refractivity contribution in [1.82, 2.24) is 10.2 Å². The number of fused-ring (bicyclic) bond motifs is 1. The summed E-state index contributed by atoms with van der Waals surface area (Å²) in [5.41, 5.74) is 1.65. The number of nitro benzene ring substituents is 1. The van der Waals surface area contributed by atoms with Gasteiger partial charge in [0.15, 0.2) is 11.5 Å². The van der Waals surface area contributed by atoms with E-state index in [-0.39, 0.29) is 36.0 Å². The molecule has 0 aliphatic carbocycles. The number of aryl methyl sites for hydroxylation is 1. The van der Waals surface area contributed by atoms with Crippen LogP contribution in [-0.2, 0) is 11.3 Å². The van der Waals surface area contributed by atoms with E-state index in [9.17, 15) is 19.7 Å². The van der Waals surface area contributed by atoms with Crippen LogP contribution in [-0.4, -0.2) is 28.6 Å². The molecule has 2 aromatic rings. The van der Waals surface area contributed by atoms with Crippen LogP contribution in [0.25, 0.3) is 6.08 Å². The topological polar surface area (TPSA) is 111 Å². The zero-order valence-electron chi connectivity index (χ0n) is 14.8. The zero-order valence-corrected chi connectivity index (χ0v) is 14.8. The summed E-state index contributed by atoms with van der Waals surface area (Å²) in [4.78, 5) is 36.8. The number of carbonyl (C=O) groups is 2. The molecule has 0 radical (unpaired) electrons. The van der Waals surface area contributed by atoms with Gasteiger partial charge in [-0.2, -0.15) is 0 Å². The Labute approximate surface area is 159 Å². The molecule has 2 aliphatic rings. The molecule has 0 saturated carbocycles. The number of hydrogen-bond donors (Lipinski definition) is 1. The number of nitrogens with one attached hydrogen (secondary N) is 1. The maximum absolute atomic E-state index is 12.7. The van der Waals surface area contributed by atoms with Crippen LogP contribution in [0.15, 0.2) is 42.1 Å². The van der Waals surface area contributed by atoms with Crippen LogP contribution in [0.3, 0.4) is 0 Å². The van der Waals surface area contributed by atoms with Gasteiger partial charge in [-0.1, -0.05) is 29.8 Å². The summed E-state index contributed by atoms with van der Waals surface area (Å²) in [6.07, 6.45) is 1.27. The van der Waals surface area contributed by atoms with Crippen LogP contribution in [0.5, 0.6) is 11.5 Å². The number of ether oxygens (including phenoxy) is 2. The Morgan fingerprint density at radius 3 is 2.68 bits per heavy atom. The van der Waals surface area contributed by atoms with Gasteiger partial charge in [0.2, 0.25) is 6.79 Å². The minimum absolute atomic E-state index is 0.0353. The lowest BCUT2D eigenvalue weighted by molar-refractivity contribution is -0.385. The number of urea groups is 1. The first kappa shape index (κ1) is 17.5. The van der Waals surface area contributed by atoms with E-state index >= 15 is 0 Å². The first-order valence-corrected chi connectivity index (χ1v) is 8.40. The van der Waals surface area contributed by atoms with Crippen LogP contribution in [0.1, 0.15) is 16.7 Å². The molecule has 2 aromatic carbocycles. The number of carbonyl (C=O) groups excluding carboxylic acids is 2. The van der Waals surface area contributed by atoms with Crippen LogP contribution in [0.4, 0.5) is 10.5 Å². The quantitative estimate of drug-likeness (QED) is 0.377. The second-order valence-electron chi connectivity index (χ2n) is 6.39. The van der Waals surface area contributed by atoms with Crippen molar-refractivity contribution in [1.29, 1.82) is 0 Å². The summed E-state index contributed by atoms with van der Waals surface area (Å²) in [6, 6.07) is 9.52. The van der Waals surface area contributed by atoms with E-state index in [1.54, 1.807) is 0 Å². The molecule has 9 heteroatoms. The van der Waals surface area contributed by atoms with Crippen molar-refractivity contribution in [3.63, 3.8) is 0 Å². The van der Waals surface area contributed by atoms with Crippen molar-refractivity contribution in [3.05, 3.63) is 68.9 Å². The fourth-order valence-electron chi connectivity index (χ4n) is 3.08. The lowest BCUT2D eigenvalue weighted by Crippen LogP contribution is -2.30. The van der Waals surface area contributed by atoms with Gasteiger partial charge >= 0.3 is 6.03 Å². The van der Waals surface area contributed by atoms with Gasteiger partial charge < -0.3 is 14.8 Å². The van der Waals surface area contributed by atoms with E-state index in [4.69, 9.17) is 9.47 Å². The van der Waals surface area contributed by atoms with E-state index in [1.807, 2.05) is 31.2 Å². The lowest BCUT2D eigenvalue weighted by atomic mass is 10.1. The maximum atomic E-state index is 12.7. The van der Waals surface area contributed by atoms with Gasteiger partial charge in [-0.05, 0) is 24.6 Å². The highest BCUT2D eigenvalue weighted by Crippen LogP contribution is 2.38. The van der Waals surface area contributed by atoms with Gasteiger partial charge in [-0.25, -0.2) is 4.79 Å². The van der Waals surface area contributed by atoms with E-state index in [1.165, 1.54) is 18.2 Å². The molecule has 2 heterocycles. The maximum Gasteiger partial charge on any atom is 0.329 e. The first-order chi connectivity index (χ1) is 13.4. The normalized spacial score (nSPS) is 16.6. The van der Waals surface area contributed by atoms with Gasteiger partial charge in [0.05, 0.1) is 23.1 Å². The number of nitrogens with zero attached hydrogens (tertiary/aromatic N) is 2. The highest BCUT2D eigenvalue weighted by molar-refractivity contribution is 6.14. The third kappa shape index (κ3) is 3.13. The van der Waals surface area contributed by atoms with E-state index in [0.717, 1.165) is 16.0 Å². The summed E-state index contributed by atoms with van der Waals surface area (Å²) in [6.45, 7) is 1.98. The molecule has 0 unspecified atom stereocenters. The van der Waals surface area contributed by atoms with Crippen molar-refractivity contribution in [2.45, 2.75) is 13.5 Å². The first-order valence-electron chi connectivity index (χ1n) is 8.40. The average Bonchev–Trinajstić information content (AvgIpc) is 3.20. The van der Waals surface area contributed by atoms with Crippen LogP contribution in [0, 0.1) is 17.0 Å². The second-order valence-corrected chi connectivity index (χ2v) is 6.39. The molecule has 1 saturated heterocycles. The third-order valence-electron chi connectivity index (χ3n) is 4.40. The fourth-order valence-corrected chi connectivity index (χ4v) is 3.08. The van der Waals surface area contributed by atoms with Gasteiger partial charge in [0, 0.05) is 0 Å². The van der Waals surface area contributed by atoms with Crippen LogP contribution >= 0.6 is 0 Å². The Morgan fingerprint density at radius 2 is 1.96 bits per heavy atom. The van der Waals surface area contributed by atoms with Crippen molar-refractivity contribution in [3.8, 4) is 11.5 Å². The van der Waals surface area contributed by atoms with Gasteiger partial charge in [-0.3, -0.25) is 19.8 Å². The van der Waals surface area contributed by atoms with Gasteiger partial charge in [0.25, 0.3) is 11.6 Å². The molecule has 3 amide bonds. The largest absolute Gasteiger partial charge is 0.454 e. The van der Waals surface area contributed by atoms with Crippen molar-refractivity contribution in [2.24, 2.45) is 0 Å². The Morgan fingerprint density at radius 1 is 1.21 bits per heavy atom. The molecule has 1 fully saturated rings. The van der Waals surface area contributed by atoms with Crippen molar-refractivity contribution >= 4 is 23.7 Å². The predicted molar refractivity (Wildman–Crippen MR) is 97.5 cm³/mol. The Hall–Kier alpha value is -3.88. The number of amides is 3.